The van der Waals surface area contributed by atoms with Crippen molar-refractivity contribution in [1.29, 1.82) is 0 Å². The third-order valence-electron chi connectivity index (χ3n) is 4.65. The molecule has 0 unspecified atom stereocenters. The van der Waals surface area contributed by atoms with Gasteiger partial charge in [-0.1, -0.05) is 24.3 Å². The second kappa shape index (κ2) is 7.50. The molecule has 2 heterocycles. The van der Waals surface area contributed by atoms with Crippen LogP contribution >= 0.6 is 0 Å². The number of anilines is 1. The number of aromatic nitrogens is 1. The highest BCUT2D eigenvalue weighted by atomic mass is 19.4. The lowest BCUT2D eigenvalue weighted by Gasteiger charge is -2.12. The molecule has 0 atom stereocenters. The van der Waals surface area contributed by atoms with E-state index in [1.807, 2.05) is 0 Å². The number of carbonyl (C=O) groups is 1. The largest absolute Gasteiger partial charge is 0.418 e. The van der Waals surface area contributed by atoms with E-state index < -0.39 is 46.5 Å². The fourth-order valence-corrected chi connectivity index (χ4v) is 3.30. The van der Waals surface area contributed by atoms with Gasteiger partial charge in [0.15, 0.2) is 5.95 Å². The van der Waals surface area contributed by atoms with Crippen molar-refractivity contribution in [3.05, 3.63) is 95.4 Å². The molecule has 2 aromatic carbocycles. The molecule has 31 heavy (non-hydrogen) atoms. The summed E-state index contributed by atoms with van der Waals surface area (Å²) >= 11 is 0. The summed E-state index contributed by atoms with van der Waals surface area (Å²) in [7, 11) is 0. The van der Waals surface area contributed by atoms with Crippen molar-refractivity contribution in [2.24, 2.45) is 0 Å². The predicted octanol–water partition coefficient (Wildman–Crippen LogP) is 6.29. The molecule has 0 fully saturated rings. The molecule has 4 aromatic rings. The van der Waals surface area contributed by atoms with Gasteiger partial charge in [0.1, 0.15) is 17.2 Å². The van der Waals surface area contributed by atoms with Gasteiger partial charge in [0.2, 0.25) is 0 Å². The van der Waals surface area contributed by atoms with Crippen LogP contribution in [0.4, 0.5) is 32.0 Å². The predicted molar refractivity (Wildman–Crippen MR) is 102 cm³/mol. The zero-order chi connectivity index (χ0) is 22.3. The van der Waals surface area contributed by atoms with Gasteiger partial charge in [0.25, 0.3) is 5.91 Å². The number of pyridine rings is 1. The van der Waals surface area contributed by atoms with Gasteiger partial charge in [0.05, 0.1) is 11.3 Å². The molecule has 0 radical (unpaired) electrons. The molecule has 1 amide bonds. The minimum absolute atomic E-state index is 0.0229. The summed E-state index contributed by atoms with van der Waals surface area (Å²) in [6.45, 7) is 0. The van der Waals surface area contributed by atoms with Crippen LogP contribution in [0.1, 0.15) is 15.9 Å². The topological polar surface area (TPSA) is 33.5 Å². The first-order valence-electron chi connectivity index (χ1n) is 8.90. The van der Waals surface area contributed by atoms with Gasteiger partial charge in [-0.2, -0.15) is 17.6 Å². The molecule has 4 rings (SSSR count). The van der Waals surface area contributed by atoms with E-state index in [1.54, 1.807) is 0 Å². The number of alkyl halides is 3. The Morgan fingerprint density at radius 2 is 1.45 bits per heavy atom. The first-order valence-corrected chi connectivity index (χ1v) is 8.90. The molecule has 0 bridgehead atoms. The van der Waals surface area contributed by atoms with Gasteiger partial charge in [-0.05, 0) is 48.0 Å². The second-order valence-corrected chi connectivity index (χ2v) is 6.64. The van der Waals surface area contributed by atoms with E-state index in [0.717, 1.165) is 34.7 Å². The monoisotopic (exact) mass is 434 g/mol. The van der Waals surface area contributed by atoms with Gasteiger partial charge >= 0.3 is 6.18 Å². The van der Waals surface area contributed by atoms with Crippen molar-refractivity contribution in [3.8, 4) is 11.3 Å². The van der Waals surface area contributed by atoms with Crippen LogP contribution < -0.4 is 5.32 Å². The quantitative estimate of drug-likeness (QED) is 0.298. The summed E-state index contributed by atoms with van der Waals surface area (Å²) in [6, 6.07) is 12.5. The summed E-state index contributed by atoms with van der Waals surface area (Å²) in [5.74, 6) is -4.05. The van der Waals surface area contributed by atoms with Gasteiger partial charge in [-0.3, -0.25) is 9.20 Å². The standard InChI is InChI=1S/C22H12F6N2O/c23-16-4-2-5-17(24)19(16)21(31)29-13-9-7-12(8-10-13)20-15(22(26,27)28)11-14-3-1-6-18(25)30(14)20/h1-11H,(H,29,31). The molecule has 0 aliphatic carbocycles. The molecular weight excluding hydrogens is 422 g/mol. The average Bonchev–Trinajstić information content (AvgIpc) is 3.10. The Morgan fingerprint density at radius 3 is 2.06 bits per heavy atom. The highest BCUT2D eigenvalue weighted by Gasteiger charge is 2.36. The summed E-state index contributed by atoms with van der Waals surface area (Å²) in [6.07, 6.45) is -4.73. The fourth-order valence-electron chi connectivity index (χ4n) is 3.30. The zero-order valence-corrected chi connectivity index (χ0v) is 15.5. The minimum Gasteiger partial charge on any atom is -0.322 e. The fraction of sp³-hybridized carbons (Fsp3) is 0.0455. The number of rotatable bonds is 3. The molecular formula is C22H12F6N2O. The Labute approximate surface area is 171 Å². The van der Waals surface area contributed by atoms with Crippen molar-refractivity contribution in [1.82, 2.24) is 4.40 Å². The van der Waals surface area contributed by atoms with Crippen molar-refractivity contribution in [3.63, 3.8) is 0 Å². The van der Waals surface area contributed by atoms with Crippen LogP contribution in [0.25, 0.3) is 16.8 Å². The smallest absolute Gasteiger partial charge is 0.322 e. The number of halogens is 6. The van der Waals surface area contributed by atoms with E-state index in [-0.39, 0.29) is 16.8 Å². The molecule has 0 saturated heterocycles. The highest BCUT2D eigenvalue weighted by Crippen LogP contribution is 2.40. The number of nitrogens with zero attached hydrogens (tertiary/aromatic N) is 1. The Morgan fingerprint density at radius 1 is 0.839 bits per heavy atom. The molecule has 1 N–H and O–H groups in total. The van der Waals surface area contributed by atoms with Gasteiger partial charge in [-0.15, -0.1) is 0 Å². The van der Waals surface area contributed by atoms with Crippen LogP contribution in [0.15, 0.2) is 66.7 Å². The van der Waals surface area contributed by atoms with E-state index in [9.17, 15) is 31.1 Å². The van der Waals surface area contributed by atoms with Crippen LogP contribution in [-0.4, -0.2) is 10.3 Å². The molecule has 2 aromatic heterocycles. The molecule has 9 heteroatoms. The maximum absolute atomic E-state index is 14.3. The van der Waals surface area contributed by atoms with Crippen molar-refractivity contribution < 1.29 is 31.1 Å². The average molecular weight is 434 g/mol. The lowest BCUT2D eigenvalue weighted by molar-refractivity contribution is -0.137. The first-order chi connectivity index (χ1) is 14.7. The van der Waals surface area contributed by atoms with E-state index in [0.29, 0.717) is 0 Å². The zero-order valence-electron chi connectivity index (χ0n) is 15.5. The van der Waals surface area contributed by atoms with Crippen LogP contribution in [-0.2, 0) is 6.18 Å². The van der Waals surface area contributed by atoms with Gasteiger partial charge in [0, 0.05) is 11.2 Å². The number of nitrogens with one attached hydrogen (secondary N) is 1. The Bertz CT molecular complexity index is 1270. The number of carbonyl (C=O) groups excluding carboxylic acids is 1. The Balaban J connectivity index is 1.72. The minimum atomic E-state index is -4.73. The van der Waals surface area contributed by atoms with Gasteiger partial charge < -0.3 is 5.32 Å². The van der Waals surface area contributed by atoms with E-state index in [1.165, 1.54) is 36.4 Å². The van der Waals surface area contributed by atoms with E-state index in [4.69, 9.17) is 0 Å². The van der Waals surface area contributed by atoms with Crippen molar-refractivity contribution in [2.45, 2.75) is 6.18 Å². The maximum Gasteiger partial charge on any atom is 0.418 e. The van der Waals surface area contributed by atoms with Crippen LogP contribution in [0.3, 0.4) is 0 Å². The molecule has 0 spiro atoms. The normalized spacial score (nSPS) is 11.7. The molecule has 0 saturated carbocycles. The summed E-state index contributed by atoms with van der Waals surface area (Å²) in [4.78, 5) is 12.2. The lowest BCUT2D eigenvalue weighted by Crippen LogP contribution is -2.15. The van der Waals surface area contributed by atoms with Crippen LogP contribution in [0, 0.1) is 17.6 Å². The third kappa shape index (κ3) is 3.74. The second-order valence-electron chi connectivity index (χ2n) is 6.64. The molecule has 0 aliphatic heterocycles. The Hall–Kier alpha value is -3.75. The van der Waals surface area contributed by atoms with Gasteiger partial charge in [-0.25, -0.2) is 8.78 Å². The number of fused-ring (bicyclic) bond motifs is 1. The number of amides is 1. The molecule has 3 nitrogen and oxygen atoms in total. The SMILES string of the molecule is O=C(Nc1ccc(-c2c(C(F)(F)F)cc3cccc(F)n23)cc1)c1c(F)cccc1F. The lowest BCUT2D eigenvalue weighted by atomic mass is 10.1. The third-order valence-corrected chi connectivity index (χ3v) is 4.65. The van der Waals surface area contributed by atoms with Crippen molar-refractivity contribution >= 4 is 17.1 Å². The van der Waals surface area contributed by atoms with E-state index >= 15 is 0 Å². The maximum atomic E-state index is 14.3. The molecule has 158 valence electrons. The van der Waals surface area contributed by atoms with Crippen LogP contribution in [0.5, 0.6) is 0 Å². The number of hydrogen-bond acceptors (Lipinski definition) is 1. The summed E-state index contributed by atoms with van der Waals surface area (Å²) in [5, 5.41) is 2.28. The number of benzene rings is 2. The Kier molecular flexibility index (Phi) is 4.96. The van der Waals surface area contributed by atoms with Crippen molar-refractivity contribution in [2.75, 3.05) is 5.32 Å². The summed E-state index contributed by atoms with van der Waals surface area (Å²) in [5.41, 5.74) is -2.07. The summed E-state index contributed by atoms with van der Waals surface area (Å²) < 4.78 is 83.3. The first kappa shape index (κ1) is 20.5. The number of hydrogen-bond donors (Lipinski definition) is 1. The van der Waals surface area contributed by atoms with E-state index in [2.05, 4.69) is 5.32 Å². The molecule has 0 aliphatic rings. The highest BCUT2D eigenvalue weighted by molar-refractivity contribution is 6.04. The van der Waals surface area contributed by atoms with Crippen LogP contribution in [0.2, 0.25) is 0 Å².